The van der Waals surface area contributed by atoms with E-state index in [0.717, 1.165) is 21.8 Å². The molecule has 2 aromatic heterocycles. The van der Waals surface area contributed by atoms with Gasteiger partial charge < -0.3 is 14.8 Å². The molecule has 1 aromatic carbocycles. The normalized spacial score (nSPS) is 15.8. The molecule has 0 saturated carbocycles. The Balaban J connectivity index is 1.29. The van der Waals surface area contributed by atoms with Crippen molar-refractivity contribution < 1.29 is 14.3 Å². The molecule has 1 atom stereocenters. The van der Waals surface area contributed by atoms with Crippen LogP contribution in [-0.4, -0.2) is 50.7 Å². The Bertz CT molecular complexity index is 945. The first-order chi connectivity index (χ1) is 12.7. The zero-order chi connectivity index (χ0) is 17.9. The van der Waals surface area contributed by atoms with E-state index < -0.39 is 0 Å². The van der Waals surface area contributed by atoms with Gasteiger partial charge in [-0.1, -0.05) is 23.9 Å². The van der Waals surface area contributed by atoms with E-state index in [4.69, 9.17) is 9.47 Å². The van der Waals surface area contributed by atoms with E-state index in [2.05, 4.69) is 20.4 Å². The predicted molar refractivity (Wildman–Crippen MR) is 96.4 cm³/mol. The van der Waals surface area contributed by atoms with Crippen molar-refractivity contribution in [3.05, 3.63) is 36.8 Å². The van der Waals surface area contributed by atoms with E-state index >= 15 is 0 Å². The molecule has 134 valence electrons. The van der Waals surface area contributed by atoms with Gasteiger partial charge in [-0.25, -0.2) is 9.97 Å². The number of carbonyl (C=O) groups is 1. The topological polar surface area (TPSA) is 91.2 Å². The van der Waals surface area contributed by atoms with Crippen molar-refractivity contribution in [2.24, 2.45) is 7.05 Å². The molecule has 26 heavy (non-hydrogen) atoms. The van der Waals surface area contributed by atoms with Crippen molar-refractivity contribution in [1.29, 1.82) is 0 Å². The van der Waals surface area contributed by atoms with Crippen LogP contribution in [0.1, 0.15) is 0 Å². The van der Waals surface area contributed by atoms with Gasteiger partial charge in [-0.15, -0.1) is 0 Å². The van der Waals surface area contributed by atoms with Crippen LogP contribution in [0.15, 0.2) is 41.8 Å². The molecule has 1 aliphatic rings. The van der Waals surface area contributed by atoms with Crippen LogP contribution < -0.4 is 14.8 Å². The van der Waals surface area contributed by atoms with E-state index in [1.807, 2.05) is 31.3 Å². The molecule has 4 rings (SSSR count). The third-order valence-corrected chi connectivity index (χ3v) is 4.93. The highest BCUT2D eigenvalue weighted by atomic mass is 32.2. The zero-order valence-corrected chi connectivity index (χ0v) is 14.9. The average Bonchev–Trinajstić information content (AvgIpc) is 3.06. The number of carbonyl (C=O) groups excluding carboxylic acids is 1. The van der Waals surface area contributed by atoms with E-state index in [1.165, 1.54) is 18.1 Å². The van der Waals surface area contributed by atoms with Crippen molar-refractivity contribution in [1.82, 2.24) is 25.1 Å². The van der Waals surface area contributed by atoms with Gasteiger partial charge in [-0.3, -0.25) is 9.48 Å². The molecule has 0 spiro atoms. The number of nitrogens with zero attached hydrogens (tertiary/aromatic N) is 4. The summed E-state index contributed by atoms with van der Waals surface area (Å²) in [6, 6.07) is 7.50. The first-order valence-corrected chi connectivity index (χ1v) is 9.10. The van der Waals surface area contributed by atoms with Crippen molar-refractivity contribution >= 4 is 28.7 Å². The van der Waals surface area contributed by atoms with Crippen LogP contribution in [0.2, 0.25) is 0 Å². The van der Waals surface area contributed by atoms with E-state index in [9.17, 15) is 4.79 Å². The Kier molecular flexibility index (Phi) is 4.61. The Morgan fingerprint density at radius 1 is 1.35 bits per heavy atom. The number of aryl methyl sites for hydroxylation is 1. The van der Waals surface area contributed by atoms with Gasteiger partial charge in [0, 0.05) is 7.05 Å². The lowest BCUT2D eigenvalue weighted by Crippen LogP contribution is -2.41. The number of fused-ring (bicyclic) bond motifs is 2. The fraction of sp³-hybridized carbons (Fsp3) is 0.294. The molecular weight excluding hydrogens is 354 g/mol. The minimum atomic E-state index is -0.206. The summed E-state index contributed by atoms with van der Waals surface area (Å²) in [5.74, 6) is 1.60. The summed E-state index contributed by atoms with van der Waals surface area (Å²) in [5, 5.41) is 8.63. The summed E-state index contributed by atoms with van der Waals surface area (Å²) in [5.41, 5.74) is 0.745. The summed E-state index contributed by atoms with van der Waals surface area (Å²) < 4.78 is 13.1. The van der Waals surface area contributed by atoms with Gasteiger partial charge in [0.05, 0.1) is 23.9 Å². The molecular formula is C17H17N5O3S. The maximum Gasteiger partial charge on any atom is 0.230 e. The van der Waals surface area contributed by atoms with Crippen LogP contribution in [0.5, 0.6) is 11.5 Å². The molecule has 0 saturated heterocycles. The lowest BCUT2D eigenvalue weighted by atomic mass is 10.2. The first kappa shape index (κ1) is 16.6. The lowest BCUT2D eigenvalue weighted by Gasteiger charge is -2.26. The number of hydrogen-bond acceptors (Lipinski definition) is 7. The monoisotopic (exact) mass is 371 g/mol. The van der Waals surface area contributed by atoms with Crippen LogP contribution in [0, 0.1) is 0 Å². The zero-order valence-electron chi connectivity index (χ0n) is 14.1. The number of ether oxygens (including phenoxy) is 2. The average molecular weight is 371 g/mol. The van der Waals surface area contributed by atoms with Gasteiger partial charge in [0.25, 0.3) is 0 Å². The second-order valence-corrected chi connectivity index (χ2v) is 6.74. The Morgan fingerprint density at radius 3 is 3.08 bits per heavy atom. The summed E-state index contributed by atoms with van der Waals surface area (Å²) in [4.78, 5) is 20.6. The summed E-state index contributed by atoms with van der Waals surface area (Å²) in [6.07, 6.45) is 2.98. The van der Waals surface area contributed by atoms with E-state index in [0.29, 0.717) is 18.9 Å². The number of amides is 1. The SMILES string of the molecule is Cn1ncc2c(SCC(=O)NC[C@H]3COc4ccccc4O3)ncnc21. The molecule has 0 fully saturated rings. The first-order valence-electron chi connectivity index (χ1n) is 8.11. The van der Waals surface area contributed by atoms with Gasteiger partial charge in [0.1, 0.15) is 24.1 Å². The number of benzene rings is 1. The molecule has 0 bridgehead atoms. The van der Waals surface area contributed by atoms with Crippen LogP contribution in [-0.2, 0) is 11.8 Å². The molecule has 1 aliphatic heterocycles. The smallest absolute Gasteiger partial charge is 0.230 e. The van der Waals surface area contributed by atoms with Crippen LogP contribution in [0.4, 0.5) is 0 Å². The fourth-order valence-electron chi connectivity index (χ4n) is 2.63. The molecule has 3 heterocycles. The Hall–Kier alpha value is -2.81. The lowest BCUT2D eigenvalue weighted by molar-refractivity contribution is -0.119. The van der Waals surface area contributed by atoms with Gasteiger partial charge in [-0.05, 0) is 12.1 Å². The Labute approximate surface area is 153 Å². The minimum absolute atomic E-state index is 0.0897. The minimum Gasteiger partial charge on any atom is -0.486 e. The maximum atomic E-state index is 12.2. The highest BCUT2D eigenvalue weighted by Gasteiger charge is 2.21. The highest BCUT2D eigenvalue weighted by molar-refractivity contribution is 8.00. The maximum absolute atomic E-state index is 12.2. The molecule has 0 aliphatic carbocycles. The number of thioether (sulfide) groups is 1. The van der Waals surface area contributed by atoms with Crippen molar-refractivity contribution in [3.63, 3.8) is 0 Å². The third-order valence-electron chi connectivity index (χ3n) is 3.93. The Morgan fingerprint density at radius 2 is 2.19 bits per heavy atom. The summed E-state index contributed by atoms with van der Waals surface area (Å²) >= 11 is 1.36. The number of rotatable bonds is 5. The molecule has 0 radical (unpaired) electrons. The quantitative estimate of drug-likeness (QED) is 0.536. The van der Waals surface area contributed by atoms with Gasteiger partial charge in [0.2, 0.25) is 5.91 Å². The van der Waals surface area contributed by atoms with E-state index in [1.54, 1.807) is 10.9 Å². The standard InChI is InChI=1S/C17H17N5O3S/c1-22-16-12(7-21-22)17(20-10-19-16)26-9-15(23)18-6-11-8-24-13-4-2-3-5-14(13)25-11/h2-5,7,10-11H,6,8-9H2,1H3,(H,18,23)/t11-/m0/s1. The van der Waals surface area contributed by atoms with Crippen molar-refractivity contribution in [2.75, 3.05) is 18.9 Å². The van der Waals surface area contributed by atoms with E-state index in [-0.39, 0.29) is 17.8 Å². The molecule has 8 nitrogen and oxygen atoms in total. The van der Waals surface area contributed by atoms with Crippen molar-refractivity contribution in [2.45, 2.75) is 11.1 Å². The molecule has 1 amide bonds. The van der Waals surface area contributed by atoms with Crippen molar-refractivity contribution in [3.8, 4) is 11.5 Å². The fourth-order valence-corrected chi connectivity index (χ4v) is 3.42. The second kappa shape index (κ2) is 7.20. The summed E-state index contributed by atoms with van der Waals surface area (Å²) in [7, 11) is 1.82. The second-order valence-electron chi connectivity index (χ2n) is 5.77. The largest absolute Gasteiger partial charge is 0.486 e. The third kappa shape index (κ3) is 3.43. The van der Waals surface area contributed by atoms with Gasteiger partial charge >= 0.3 is 0 Å². The molecule has 1 N–H and O–H groups in total. The predicted octanol–water partition coefficient (Wildman–Crippen LogP) is 1.41. The number of para-hydroxylation sites is 2. The number of hydrogen-bond donors (Lipinski definition) is 1. The van der Waals surface area contributed by atoms with Gasteiger partial charge in [-0.2, -0.15) is 5.10 Å². The molecule has 3 aromatic rings. The molecule has 0 unspecified atom stereocenters. The number of nitrogens with one attached hydrogen (secondary N) is 1. The number of aromatic nitrogens is 4. The van der Waals surface area contributed by atoms with Crippen LogP contribution in [0.25, 0.3) is 11.0 Å². The van der Waals surface area contributed by atoms with Crippen LogP contribution >= 0.6 is 11.8 Å². The highest BCUT2D eigenvalue weighted by Crippen LogP contribution is 2.30. The summed E-state index contributed by atoms with van der Waals surface area (Å²) in [6.45, 7) is 0.798. The van der Waals surface area contributed by atoms with Gasteiger partial charge in [0.15, 0.2) is 17.1 Å². The van der Waals surface area contributed by atoms with Crippen LogP contribution in [0.3, 0.4) is 0 Å². The molecule has 9 heteroatoms.